The highest BCUT2D eigenvalue weighted by Gasteiger charge is 2.13. The summed E-state index contributed by atoms with van der Waals surface area (Å²) in [5, 5.41) is 5.83. The molecule has 0 radical (unpaired) electrons. The highest BCUT2D eigenvalue weighted by atomic mass is 16.2. The summed E-state index contributed by atoms with van der Waals surface area (Å²) in [5.74, 6) is 0.0463. The van der Waals surface area contributed by atoms with Crippen LogP contribution >= 0.6 is 0 Å². The number of amides is 2. The lowest BCUT2D eigenvalue weighted by atomic mass is 10.1. The lowest BCUT2D eigenvalue weighted by molar-refractivity contribution is -0.129. The van der Waals surface area contributed by atoms with Crippen LogP contribution in [0, 0.1) is 0 Å². The fourth-order valence-corrected chi connectivity index (χ4v) is 1.19. The molecule has 0 aliphatic heterocycles. The molecule has 0 aliphatic carbocycles. The Morgan fingerprint density at radius 1 is 1.24 bits per heavy atom. The first-order valence-corrected chi connectivity index (χ1v) is 6.02. The van der Waals surface area contributed by atoms with Crippen molar-refractivity contribution in [3.63, 3.8) is 0 Å². The molecule has 2 amide bonds. The topological polar surface area (TPSA) is 61.4 Å². The quantitative estimate of drug-likeness (QED) is 0.662. The number of nitrogens with one attached hydrogen (secondary N) is 2. The van der Waals surface area contributed by atoms with E-state index < -0.39 is 0 Å². The van der Waals surface area contributed by atoms with Gasteiger partial charge in [-0.1, -0.05) is 0 Å². The Bertz CT molecular complexity index is 259. The van der Waals surface area contributed by atoms with Crippen LogP contribution in [0.4, 0.5) is 0 Å². The van der Waals surface area contributed by atoms with E-state index in [1.807, 2.05) is 27.7 Å². The van der Waals surface area contributed by atoms with Gasteiger partial charge in [-0.05, 0) is 27.7 Å². The first kappa shape index (κ1) is 15.9. The van der Waals surface area contributed by atoms with E-state index in [2.05, 4.69) is 10.6 Å². The second-order valence-electron chi connectivity index (χ2n) is 5.13. The molecule has 5 nitrogen and oxygen atoms in total. The van der Waals surface area contributed by atoms with Crippen LogP contribution in [0.3, 0.4) is 0 Å². The van der Waals surface area contributed by atoms with Gasteiger partial charge in [0.05, 0.1) is 6.54 Å². The van der Waals surface area contributed by atoms with E-state index in [0.717, 1.165) is 0 Å². The highest BCUT2D eigenvalue weighted by molar-refractivity contribution is 5.78. The van der Waals surface area contributed by atoms with E-state index in [0.29, 0.717) is 19.5 Å². The first-order valence-electron chi connectivity index (χ1n) is 6.02. The molecule has 0 fully saturated rings. The molecule has 0 saturated heterocycles. The summed E-state index contributed by atoms with van der Waals surface area (Å²) >= 11 is 0. The van der Waals surface area contributed by atoms with Gasteiger partial charge in [0.15, 0.2) is 0 Å². The van der Waals surface area contributed by atoms with Gasteiger partial charge >= 0.3 is 0 Å². The van der Waals surface area contributed by atoms with Crippen molar-refractivity contribution in [1.82, 2.24) is 15.5 Å². The van der Waals surface area contributed by atoms with E-state index in [1.54, 1.807) is 11.9 Å². The normalized spacial score (nSPS) is 11.1. The minimum absolute atomic E-state index is 0.00120. The SMILES string of the molecule is CCN(C)C(=O)CNCCC(=O)NC(C)(C)C. The maximum absolute atomic E-state index is 11.4. The van der Waals surface area contributed by atoms with Crippen LogP contribution < -0.4 is 10.6 Å². The van der Waals surface area contributed by atoms with Gasteiger partial charge in [0.25, 0.3) is 0 Å². The zero-order valence-electron chi connectivity index (χ0n) is 11.6. The molecule has 0 heterocycles. The Labute approximate surface area is 104 Å². The Hall–Kier alpha value is -1.10. The van der Waals surface area contributed by atoms with Gasteiger partial charge < -0.3 is 15.5 Å². The van der Waals surface area contributed by atoms with Crippen molar-refractivity contribution < 1.29 is 9.59 Å². The molecule has 0 atom stereocenters. The predicted molar refractivity (Wildman–Crippen MR) is 68.7 cm³/mol. The average Bonchev–Trinajstić information content (AvgIpc) is 2.20. The summed E-state index contributed by atoms with van der Waals surface area (Å²) < 4.78 is 0. The molecule has 0 aromatic heterocycles. The Kier molecular flexibility index (Phi) is 6.80. The van der Waals surface area contributed by atoms with Crippen molar-refractivity contribution in [3.8, 4) is 0 Å². The molecule has 100 valence electrons. The zero-order chi connectivity index (χ0) is 13.5. The first-order chi connectivity index (χ1) is 7.76. The Balaban J connectivity index is 3.65. The standard InChI is InChI=1S/C12H25N3O2/c1-6-15(5)11(17)9-13-8-7-10(16)14-12(2,3)4/h13H,6-9H2,1-5H3,(H,14,16). The van der Waals surface area contributed by atoms with Crippen molar-refractivity contribution >= 4 is 11.8 Å². The molecule has 17 heavy (non-hydrogen) atoms. The predicted octanol–water partition coefficient (Wildman–Crippen LogP) is 0.359. The minimum atomic E-state index is -0.199. The molecular formula is C12H25N3O2. The van der Waals surface area contributed by atoms with Gasteiger partial charge in [-0.2, -0.15) is 0 Å². The van der Waals surface area contributed by atoms with Crippen LogP contribution in [0.25, 0.3) is 0 Å². The second kappa shape index (κ2) is 7.27. The lowest BCUT2D eigenvalue weighted by Gasteiger charge is -2.20. The number of carbonyl (C=O) groups is 2. The molecular weight excluding hydrogens is 218 g/mol. The van der Waals surface area contributed by atoms with Crippen molar-refractivity contribution in [2.45, 2.75) is 39.7 Å². The summed E-state index contributed by atoms with van der Waals surface area (Å²) in [5.41, 5.74) is -0.199. The van der Waals surface area contributed by atoms with Gasteiger partial charge in [0.1, 0.15) is 0 Å². The highest BCUT2D eigenvalue weighted by Crippen LogP contribution is 1.98. The molecule has 0 bridgehead atoms. The molecule has 0 aromatic rings. The number of likely N-dealkylation sites (N-methyl/N-ethyl adjacent to an activating group) is 1. The van der Waals surface area contributed by atoms with E-state index in [9.17, 15) is 9.59 Å². The molecule has 0 saturated carbocycles. The van der Waals surface area contributed by atoms with Crippen molar-refractivity contribution in [2.24, 2.45) is 0 Å². The fourth-order valence-electron chi connectivity index (χ4n) is 1.19. The largest absolute Gasteiger partial charge is 0.351 e. The molecule has 0 aromatic carbocycles. The number of hydrogen-bond acceptors (Lipinski definition) is 3. The summed E-state index contributed by atoms with van der Waals surface area (Å²) in [6.07, 6.45) is 0.389. The third-order valence-electron chi connectivity index (χ3n) is 2.22. The molecule has 0 unspecified atom stereocenters. The fraction of sp³-hybridized carbons (Fsp3) is 0.833. The van der Waals surface area contributed by atoms with Crippen molar-refractivity contribution in [3.05, 3.63) is 0 Å². The van der Waals surface area contributed by atoms with Crippen LogP contribution in [0.5, 0.6) is 0 Å². The van der Waals surface area contributed by atoms with Crippen molar-refractivity contribution in [2.75, 3.05) is 26.7 Å². The number of rotatable bonds is 6. The smallest absolute Gasteiger partial charge is 0.236 e. The van der Waals surface area contributed by atoms with Gasteiger partial charge in [-0.15, -0.1) is 0 Å². The number of carbonyl (C=O) groups excluding carboxylic acids is 2. The maximum atomic E-state index is 11.4. The molecule has 0 aliphatic rings. The van der Waals surface area contributed by atoms with Crippen LogP contribution in [0.1, 0.15) is 34.1 Å². The second-order valence-corrected chi connectivity index (χ2v) is 5.13. The van der Waals surface area contributed by atoms with E-state index in [-0.39, 0.29) is 23.9 Å². The molecule has 5 heteroatoms. The summed E-state index contributed by atoms with van der Waals surface area (Å²) in [6, 6.07) is 0. The summed E-state index contributed by atoms with van der Waals surface area (Å²) in [4.78, 5) is 24.5. The Morgan fingerprint density at radius 2 is 1.82 bits per heavy atom. The summed E-state index contributed by atoms with van der Waals surface area (Å²) in [6.45, 7) is 9.26. The minimum Gasteiger partial charge on any atom is -0.351 e. The molecule has 2 N–H and O–H groups in total. The number of hydrogen-bond donors (Lipinski definition) is 2. The molecule has 0 spiro atoms. The van der Waals surface area contributed by atoms with Crippen molar-refractivity contribution in [1.29, 1.82) is 0 Å². The lowest BCUT2D eigenvalue weighted by Crippen LogP contribution is -2.42. The van der Waals surface area contributed by atoms with E-state index in [1.165, 1.54) is 0 Å². The monoisotopic (exact) mass is 243 g/mol. The molecule has 0 rings (SSSR count). The average molecular weight is 243 g/mol. The van der Waals surface area contributed by atoms with Gasteiger partial charge in [0.2, 0.25) is 11.8 Å². The van der Waals surface area contributed by atoms with Crippen LogP contribution in [0.2, 0.25) is 0 Å². The zero-order valence-corrected chi connectivity index (χ0v) is 11.6. The van der Waals surface area contributed by atoms with Gasteiger partial charge in [0, 0.05) is 32.1 Å². The maximum Gasteiger partial charge on any atom is 0.236 e. The van der Waals surface area contributed by atoms with E-state index >= 15 is 0 Å². The van der Waals surface area contributed by atoms with E-state index in [4.69, 9.17) is 0 Å². The van der Waals surface area contributed by atoms with Gasteiger partial charge in [-0.3, -0.25) is 9.59 Å². The van der Waals surface area contributed by atoms with Crippen LogP contribution in [-0.2, 0) is 9.59 Å². The third-order valence-corrected chi connectivity index (χ3v) is 2.22. The van der Waals surface area contributed by atoms with Gasteiger partial charge in [-0.25, -0.2) is 0 Å². The van der Waals surface area contributed by atoms with Crippen LogP contribution in [0.15, 0.2) is 0 Å². The van der Waals surface area contributed by atoms with Crippen LogP contribution in [-0.4, -0.2) is 48.9 Å². The third kappa shape index (κ3) is 8.68. The number of nitrogens with zero attached hydrogens (tertiary/aromatic N) is 1. The summed E-state index contributed by atoms with van der Waals surface area (Å²) in [7, 11) is 1.76. The Morgan fingerprint density at radius 3 is 2.29 bits per heavy atom.